The lowest BCUT2D eigenvalue weighted by Crippen LogP contribution is -2.51. The second-order valence-electron chi connectivity index (χ2n) is 15.0. The van der Waals surface area contributed by atoms with Crippen LogP contribution in [0.15, 0.2) is 36.4 Å². The van der Waals surface area contributed by atoms with Crippen LogP contribution in [0.2, 0.25) is 0 Å². The van der Waals surface area contributed by atoms with Crippen molar-refractivity contribution in [1.29, 1.82) is 0 Å². The maximum absolute atomic E-state index is 16.8. The van der Waals surface area contributed by atoms with E-state index in [9.17, 15) is 14.6 Å². The number of aromatic nitrogens is 2. The SMILES string of the molecule is OCC1CC2CCC(C1)N2CC1(COc2nc(N3CC4CCC(C3)N4)c3ccc(-c4cc(O)cc5ccc(F)c(F)c45)c(F)c3n2)CC1. The van der Waals surface area contributed by atoms with Gasteiger partial charge in [0.05, 0.1) is 6.61 Å². The lowest BCUT2D eigenvalue weighted by atomic mass is 9.90. The minimum absolute atomic E-state index is 0.00398. The molecule has 8 nitrogen and oxygen atoms in total. The highest BCUT2D eigenvalue weighted by Gasteiger charge is 2.50. The van der Waals surface area contributed by atoms with E-state index < -0.39 is 17.5 Å². The minimum atomic E-state index is -1.10. The zero-order valence-corrected chi connectivity index (χ0v) is 26.8. The third-order valence-electron chi connectivity index (χ3n) is 11.8. The number of ether oxygens (including phenoxy) is 1. The molecule has 0 radical (unpaired) electrons. The van der Waals surface area contributed by atoms with Crippen molar-refractivity contribution in [3.8, 4) is 22.9 Å². The summed E-state index contributed by atoms with van der Waals surface area (Å²) in [5.41, 5.74) is 0.0767. The first kappa shape index (κ1) is 30.4. The van der Waals surface area contributed by atoms with Crippen molar-refractivity contribution in [1.82, 2.24) is 20.2 Å². The predicted octanol–water partition coefficient (Wildman–Crippen LogP) is 5.91. The van der Waals surface area contributed by atoms with Gasteiger partial charge in [0, 0.05) is 72.2 Å². The van der Waals surface area contributed by atoms with Crippen LogP contribution in [0.3, 0.4) is 0 Å². The smallest absolute Gasteiger partial charge is 0.319 e. The molecular weight excluding hydrogens is 619 g/mol. The highest BCUT2D eigenvalue weighted by molar-refractivity contribution is 6.01. The number of nitrogens with one attached hydrogen (secondary N) is 1. The van der Waals surface area contributed by atoms with Crippen LogP contribution in [0.1, 0.15) is 51.4 Å². The number of rotatable bonds is 8. The average Bonchev–Trinajstić information content (AvgIpc) is 3.72. The zero-order valence-electron chi connectivity index (χ0n) is 26.8. The molecule has 0 spiro atoms. The van der Waals surface area contributed by atoms with Gasteiger partial charge >= 0.3 is 6.01 Å². The van der Waals surface area contributed by atoms with Crippen LogP contribution in [-0.4, -0.2) is 82.1 Å². The summed E-state index contributed by atoms with van der Waals surface area (Å²) in [5.74, 6) is -2.05. The second-order valence-corrected chi connectivity index (χ2v) is 15.0. The topological polar surface area (TPSA) is 94.0 Å². The summed E-state index contributed by atoms with van der Waals surface area (Å²) in [6, 6.07) is 9.98. The van der Waals surface area contributed by atoms with Gasteiger partial charge in [0.25, 0.3) is 0 Å². The highest BCUT2D eigenvalue weighted by Crippen LogP contribution is 2.50. The van der Waals surface area contributed by atoms with E-state index >= 15 is 8.78 Å². The van der Waals surface area contributed by atoms with E-state index in [1.807, 2.05) is 0 Å². The molecule has 252 valence electrons. The summed E-state index contributed by atoms with van der Waals surface area (Å²) in [6.07, 6.45) is 8.65. The number of phenolic OH excluding ortho intramolecular Hbond substituents is 1. The van der Waals surface area contributed by atoms with Crippen LogP contribution in [-0.2, 0) is 0 Å². The minimum Gasteiger partial charge on any atom is -0.508 e. The average molecular weight is 660 g/mol. The van der Waals surface area contributed by atoms with Gasteiger partial charge in [0.15, 0.2) is 17.5 Å². The Morgan fingerprint density at radius 3 is 2.35 bits per heavy atom. The molecule has 1 saturated carbocycles. The zero-order chi connectivity index (χ0) is 32.7. The van der Waals surface area contributed by atoms with Crippen molar-refractivity contribution in [2.24, 2.45) is 11.3 Å². The summed E-state index contributed by atoms with van der Waals surface area (Å²) in [6.45, 7) is 3.07. The Hall–Kier alpha value is -3.67. The lowest BCUT2D eigenvalue weighted by Gasteiger charge is -2.40. The number of piperidine rings is 1. The Labute approximate surface area is 276 Å². The number of hydrogen-bond acceptors (Lipinski definition) is 8. The number of aromatic hydroxyl groups is 1. The Bertz CT molecular complexity index is 1900. The Kier molecular flexibility index (Phi) is 7.25. The number of halogens is 3. The number of aliphatic hydroxyl groups excluding tert-OH is 1. The first-order valence-corrected chi connectivity index (χ1v) is 17.4. The molecule has 4 bridgehead atoms. The molecule has 0 amide bonds. The van der Waals surface area contributed by atoms with Gasteiger partial charge in [-0.05, 0) is 92.5 Å². The van der Waals surface area contributed by atoms with Crippen LogP contribution in [0, 0.1) is 28.8 Å². The number of benzene rings is 3. The number of aliphatic hydroxyl groups is 1. The number of nitrogens with zero attached hydrogens (tertiary/aromatic N) is 4. The summed E-state index contributed by atoms with van der Waals surface area (Å²) in [4.78, 5) is 14.4. The van der Waals surface area contributed by atoms with Crippen molar-refractivity contribution >= 4 is 27.5 Å². The molecular formula is C37H40F3N5O3. The largest absolute Gasteiger partial charge is 0.508 e. The molecule has 4 aliphatic heterocycles. The normalized spacial score (nSPS) is 27.7. The maximum Gasteiger partial charge on any atom is 0.319 e. The van der Waals surface area contributed by atoms with Crippen molar-refractivity contribution in [3.63, 3.8) is 0 Å². The first-order valence-electron chi connectivity index (χ1n) is 17.4. The van der Waals surface area contributed by atoms with Gasteiger partial charge in [0.1, 0.15) is 17.1 Å². The Morgan fingerprint density at radius 2 is 1.65 bits per heavy atom. The summed E-state index contributed by atoms with van der Waals surface area (Å²) >= 11 is 0. The van der Waals surface area contributed by atoms with Gasteiger partial charge in [-0.25, -0.2) is 13.2 Å². The lowest BCUT2D eigenvalue weighted by molar-refractivity contribution is 0.0474. The highest BCUT2D eigenvalue weighted by atomic mass is 19.2. The van der Waals surface area contributed by atoms with Gasteiger partial charge < -0.3 is 25.2 Å². The molecule has 4 aromatic rings. The van der Waals surface area contributed by atoms with Crippen LogP contribution < -0.4 is 15.0 Å². The summed E-state index contributed by atoms with van der Waals surface area (Å²) in [7, 11) is 0. The maximum atomic E-state index is 16.8. The molecule has 48 heavy (non-hydrogen) atoms. The van der Waals surface area contributed by atoms with Crippen LogP contribution in [0.5, 0.6) is 11.8 Å². The summed E-state index contributed by atoms with van der Waals surface area (Å²) in [5, 5.41) is 24.6. The van der Waals surface area contributed by atoms with Crippen LogP contribution in [0.4, 0.5) is 19.0 Å². The predicted molar refractivity (Wildman–Crippen MR) is 177 cm³/mol. The molecule has 5 heterocycles. The van der Waals surface area contributed by atoms with Crippen LogP contribution in [0.25, 0.3) is 32.8 Å². The number of hydrogen-bond donors (Lipinski definition) is 3. The number of fused-ring (bicyclic) bond motifs is 6. The van der Waals surface area contributed by atoms with E-state index in [1.54, 1.807) is 6.07 Å². The molecule has 11 heteroatoms. The van der Waals surface area contributed by atoms with E-state index in [0.29, 0.717) is 47.9 Å². The van der Waals surface area contributed by atoms with Crippen molar-refractivity contribution in [2.45, 2.75) is 75.5 Å². The second kappa shape index (κ2) is 11.5. The van der Waals surface area contributed by atoms with E-state index in [-0.39, 0.29) is 51.2 Å². The quantitative estimate of drug-likeness (QED) is 0.215. The van der Waals surface area contributed by atoms with Gasteiger partial charge in [-0.3, -0.25) is 4.90 Å². The molecule has 9 rings (SSSR count). The van der Waals surface area contributed by atoms with Gasteiger partial charge in [-0.2, -0.15) is 9.97 Å². The van der Waals surface area contributed by atoms with Gasteiger partial charge in [-0.15, -0.1) is 0 Å². The van der Waals surface area contributed by atoms with Gasteiger partial charge in [0.2, 0.25) is 0 Å². The Morgan fingerprint density at radius 1 is 0.896 bits per heavy atom. The molecule has 1 aliphatic carbocycles. The fourth-order valence-electron chi connectivity index (χ4n) is 9.13. The van der Waals surface area contributed by atoms with Crippen molar-refractivity contribution in [3.05, 3.63) is 53.8 Å². The first-order chi connectivity index (χ1) is 23.3. The molecule has 1 aromatic heterocycles. The third-order valence-corrected chi connectivity index (χ3v) is 11.8. The molecule has 3 aromatic carbocycles. The molecule has 5 aliphatic rings. The summed E-state index contributed by atoms with van der Waals surface area (Å²) < 4.78 is 52.8. The van der Waals surface area contributed by atoms with E-state index in [1.165, 1.54) is 37.1 Å². The number of phenols is 1. The van der Waals surface area contributed by atoms with Crippen molar-refractivity contribution < 1.29 is 28.1 Å². The van der Waals surface area contributed by atoms with Crippen LogP contribution >= 0.6 is 0 Å². The number of anilines is 1. The molecule has 4 saturated heterocycles. The fourth-order valence-corrected chi connectivity index (χ4v) is 9.13. The van der Waals surface area contributed by atoms with Crippen molar-refractivity contribution in [2.75, 3.05) is 37.7 Å². The molecule has 3 N–H and O–H groups in total. The monoisotopic (exact) mass is 659 g/mol. The van der Waals surface area contributed by atoms with Gasteiger partial charge in [-0.1, -0.05) is 12.1 Å². The Balaban J connectivity index is 1.08. The van der Waals surface area contributed by atoms with E-state index in [4.69, 9.17) is 9.72 Å². The molecule has 4 atom stereocenters. The van der Waals surface area contributed by atoms with E-state index in [0.717, 1.165) is 64.2 Å². The van der Waals surface area contributed by atoms with E-state index in [2.05, 4.69) is 20.1 Å². The third kappa shape index (κ3) is 5.16. The molecule has 4 unspecified atom stereocenters. The fraction of sp³-hybridized carbons (Fsp3) is 0.514. The molecule has 5 fully saturated rings. The standard InChI is InChI=1S/C37H40F3N5O3/c38-30-8-1-21-13-26(47)14-29(31(21)33(30)40)27-6-7-28-34(32(27)39)42-36(43-35(28)44-15-22-2-3-23(16-44)41-22)48-19-37(9-10-37)18-45-24-4-5-25(45)12-20(11-24)17-46/h1,6-8,13-14,20,22-25,41,46-47H,2-5,9-12,15-19H2. The number of piperazine rings is 1.